The lowest BCUT2D eigenvalue weighted by molar-refractivity contribution is 0.531. The number of fused-ring (bicyclic) bond motifs is 1. The lowest BCUT2D eigenvalue weighted by Crippen LogP contribution is -2.40. The summed E-state index contributed by atoms with van der Waals surface area (Å²) in [4.78, 5) is 0. The molecule has 0 spiro atoms. The smallest absolute Gasteiger partial charge is 0.0533 e. The molecule has 2 aromatic rings. The minimum atomic E-state index is 0.0681. The van der Waals surface area contributed by atoms with Gasteiger partial charge in [-0.05, 0) is 27.0 Å². The van der Waals surface area contributed by atoms with E-state index in [4.69, 9.17) is 0 Å². The van der Waals surface area contributed by atoms with Gasteiger partial charge < -0.3 is 10.6 Å². The molecule has 0 aliphatic heterocycles. The largest absolute Gasteiger partial charge is 0.378 e. The van der Waals surface area contributed by atoms with E-state index in [0.29, 0.717) is 0 Å². The van der Waals surface area contributed by atoms with Crippen LogP contribution < -0.4 is 10.6 Å². The molecular weight excluding hydrogens is 216 g/mol. The zero-order valence-electron chi connectivity index (χ0n) is 10.0. The average molecular weight is 234 g/mol. The van der Waals surface area contributed by atoms with Crippen molar-refractivity contribution in [2.75, 3.05) is 18.9 Å². The van der Waals surface area contributed by atoms with Crippen LogP contribution in [-0.2, 0) is 0 Å². The summed E-state index contributed by atoms with van der Waals surface area (Å²) < 4.78 is 1.34. The number of nitrogens with one attached hydrogen (secondary N) is 2. The summed E-state index contributed by atoms with van der Waals surface area (Å²) in [6, 6.07) is 8.51. The maximum Gasteiger partial charge on any atom is 0.0533 e. The van der Waals surface area contributed by atoms with E-state index in [-0.39, 0.29) is 5.54 Å². The van der Waals surface area contributed by atoms with Gasteiger partial charge in [0.05, 0.1) is 5.69 Å². The summed E-state index contributed by atoms with van der Waals surface area (Å²) in [5, 5.41) is 10.3. The van der Waals surface area contributed by atoms with Gasteiger partial charge in [-0.3, -0.25) is 0 Å². The molecule has 16 heavy (non-hydrogen) atoms. The van der Waals surface area contributed by atoms with Crippen LogP contribution in [0.15, 0.2) is 29.6 Å². The Morgan fingerprint density at radius 2 is 2.00 bits per heavy atom. The average Bonchev–Trinajstić information content (AvgIpc) is 2.61. The molecular formula is C13H18N2S. The Labute approximate surface area is 101 Å². The minimum Gasteiger partial charge on any atom is -0.378 e. The van der Waals surface area contributed by atoms with Crippen LogP contribution in [0, 0.1) is 0 Å². The highest BCUT2D eigenvalue weighted by molar-refractivity contribution is 7.17. The Kier molecular flexibility index (Phi) is 3.17. The summed E-state index contributed by atoms with van der Waals surface area (Å²) in [7, 11) is 1.98. The van der Waals surface area contributed by atoms with Gasteiger partial charge in [-0.2, -0.15) is 0 Å². The fourth-order valence-electron chi connectivity index (χ4n) is 1.93. The molecule has 2 rings (SSSR count). The van der Waals surface area contributed by atoms with Crippen molar-refractivity contribution in [3.63, 3.8) is 0 Å². The number of hydrogen-bond acceptors (Lipinski definition) is 3. The highest BCUT2D eigenvalue weighted by Crippen LogP contribution is 2.31. The van der Waals surface area contributed by atoms with Crippen LogP contribution in [0.4, 0.5) is 5.69 Å². The first-order chi connectivity index (χ1) is 7.62. The maximum atomic E-state index is 3.59. The highest BCUT2D eigenvalue weighted by Gasteiger charge is 2.17. The van der Waals surface area contributed by atoms with Crippen molar-refractivity contribution in [3.05, 3.63) is 29.6 Å². The van der Waals surface area contributed by atoms with Crippen molar-refractivity contribution in [2.45, 2.75) is 19.4 Å². The van der Waals surface area contributed by atoms with Crippen molar-refractivity contribution >= 4 is 27.1 Å². The summed E-state index contributed by atoms with van der Waals surface area (Å²) in [6.45, 7) is 5.35. The second-order valence-electron chi connectivity index (χ2n) is 4.68. The van der Waals surface area contributed by atoms with Crippen molar-refractivity contribution in [3.8, 4) is 0 Å². The van der Waals surface area contributed by atoms with E-state index in [0.717, 1.165) is 6.54 Å². The number of anilines is 1. The first-order valence-electron chi connectivity index (χ1n) is 5.51. The van der Waals surface area contributed by atoms with Crippen molar-refractivity contribution in [1.82, 2.24) is 5.32 Å². The zero-order chi connectivity index (χ0) is 11.6. The molecule has 0 saturated heterocycles. The number of rotatable bonds is 4. The number of likely N-dealkylation sites (N-methyl/N-ethyl adjacent to an activating group) is 1. The van der Waals surface area contributed by atoms with Gasteiger partial charge in [0, 0.05) is 27.5 Å². The van der Waals surface area contributed by atoms with Crippen LogP contribution in [0.2, 0.25) is 0 Å². The molecule has 0 fully saturated rings. The highest BCUT2D eigenvalue weighted by atomic mass is 32.1. The van der Waals surface area contributed by atoms with Crippen molar-refractivity contribution in [1.29, 1.82) is 0 Å². The Balaban J connectivity index is 2.27. The van der Waals surface area contributed by atoms with Crippen molar-refractivity contribution in [2.24, 2.45) is 0 Å². The molecule has 0 bridgehead atoms. The predicted octanol–water partition coefficient (Wildman–Crippen LogP) is 3.31. The van der Waals surface area contributed by atoms with Gasteiger partial charge >= 0.3 is 0 Å². The minimum absolute atomic E-state index is 0.0681. The van der Waals surface area contributed by atoms with Crippen LogP contribution in [0.25, 0.3) is 10.1 Å². The summed E-state index contributed by atoms with van der Waals surface area (Å²) in [5.74, 6) is 0. The predicted molar refractivity (Wildman–Crippen MR) is 73.5 cm³/mol. The van der Waals surface area contributed by atoms with E-state index in [9.17, 15) is 0 Å². The Morgan fingerprint density at radius 3 is 2.75 bits per heavy atom. The second-order valence-corrected chi connectivity index (χ2v) is 5.60. The standard InChI is InChI=1S/C13H18N2S/c1-13(2,9-14-3)15-11-8-16-12-7-5-4-6-10(11)12/h4-8,14-15H,9H2,1-3H3. The van der Waals surface area contributed by atoms with E-state index in [1.165, 1.54) is 15.8 Å². The summed E-state index contributed by atoms with van der Waals surface area (Å²) >= 11 is 1.79. The van der Waals surface area contributed by atoms with E-state index < -0.39 is 0 Å². The monoisotopic (exact) mass is 234 g/mol. The molecule has 3 heteroatoms. The van der Waals surface area contributed by atoms with Gasteiger partial charge in [0.15, 0.2) is 0 Å². The van der Waals surface area contributed by atoms with E-state index in [2.05, 4.69) is 54.1 Å². The van der Waals surface area contributed by atoms with Gasteiger partial charge in [-0.25, -0.2) is 0 Å². The lowest BCUT2D eigenvalue weighted by atomic mass is 10.1. The lowest BCUT2D eigenvalue weighted by Gasteiger charge is -2.26. The third kappa shape index (κ3) is 2.36. The van der Waals surface area contributed by atoms with Crippen LogP contribution in [0.1, 0.15) is 13.8 Å². The van der Waals surface area contributed by atoms with Crippen LogP contribution >= 0.6 is 11.3 Å². The van der Waals surface area contributed by atoms with Gasteiger partial charge in [-0.15, -0.1) is 11.3 Å². The summed E-state index contributed by atoms with van der Waals surface area (Å²) in [5.41, 5.74) is 1.30. The molecule has 0 saturated carbocycles. The van der Waals surface area contributed by atoms with Crippen LogP contribution in [0.3, 0.4) is 0 Å². The van der Waals surface area contributed by atoms with Gasteiger partial charge in [0.1, 0.15) is 0 Å². The second kappa shape index (κ2) is 4.44. The molecule has 2 nitrogen and oxygen atoms in total. The number of thiophene rings is 1. The molecule has 1 heterocycles. The van der Waals surface area contributed by atoms with Crippen molar-refractivity contribution < 1.29 is 0 Å². The quantitative estimate of drug-likeness (QED) is 0.848. The molecule has 0 aliphatic carbocycles. The Bertz CT molecular complexity index is 473. The summed E-state index contributed by atoms with van der Waals surface area (Å²) in [6.07, 6.45) is 0. The Morgan fingerprint density at radius 1 is 1.25 bits per heavy atom. The van der Waals surface area contributed by atoms with Gasteiger partial charge in [0.2, 0.25) is 0 Å². The van der Waals surface area contributed by atoms with Gasteiger partial charge in [-0.1, -0.05) is 18.2 Å². The zero-order valence-corrected chi connectivity index (χ0v) is 10.8. The molecule has 2 N–H and O–H groups in total. The fraction of sp³-hybridized carbons (Fsp3) is 0.385. The van der Waals surface area contributed by atoms with E-state index >= 15 is 0 Å². The fourth-order valence-corrected chi connectivity index (χ4v) is 2.82. The SMILES string of the molecule is CNCC(C)(C)Nc1csc2ccccc12. The maximum absolute atomic E-state index is 3.59. The van der Waals surface area contributed by atoms with Crippen LogP contribution in [0.5, 0.6) is 0 Å². The number of benzene rings is 1. The third-order valence-electron chi connectivity index (χ3n) is 2.57. The molecule has 0 unspecified atom stereocenters. The molecule has 0 aliphatic rings. The molecule has 86 valence electrons. The number of hydrogen-bond donors (Lipinski definition) is 2. The third-order valence-corrected chi connectivity index (χ3v) is 3.54. The molecule has 0 amide bonds. The molecule has 1 aromatic carbocycles. The molecule has 0 atom stereocenters. The van der Waals surface area contributed by atoms with E-state index in [1.807, 2.05) is 7.05 Å². The first-order valence-corrected chi connectivity index (χ1v) is 6.39. The van der Waals surface area contributed by atoms with Crippen LogP contribution in [-0.4, -0.2) is 19.1 Å². The topological polar surface area (TPSA) is 24.1 Å². The van der Waals surface area contributed by atoms with E-state index in [1.54, 1.807) is 11.3 Å². The normalized spacial score (nSPS) is 11.9. The molecule has 0 radical (unpaired) electrons. The first kappa shape index (κ1) is 11.4. The molecule has 1 aromatic heterocycles. The van der Waals surface area contributed by atoms with Gasteiger partial charge in [0.25, 0.3) is 0 Å². The Hall–Kier alpha value is -1.06.